The molecule has 0 bridgehead atoms. The van der Waals surface area contributed by atoms with Gasteiger partial charge in [-0.25, -0.2) is 0 Å². The Labute approximate surface area is 139 Å². The topological polar surface area (TPSA) is 49.4 Å². The molecule has 1 aliphatic carbocycles. The number of likely N-dealkylation sites (N-methyl/N-ethyl adjacent to an activating group) is 1. The smallest absolute Gasteiger partial charge is 0.239 e. The van der Waals surface area contributed by atoms with E-state index in [1.165, 1.54) is 24.0 Å². The third-order valence-electron chi connectivity index (χ3n) is 4.29. The Balaban J connectivity index is 1.97. The molecule has 0 radical (unpaired) electrons. The molecular weight excluding hydrogens is 288 g/mol. The lowest BCUT2D eigenvalue weighted by atomic mass is 9.90. The molecule has 0 unspecified atom stereocenters. The Morgan fingerprint density at radius 2 is 1.87 bits per heavy atom. The van der Waals surface area contributed by atoms with Gasteiger partial charge >= 0.3 is 0 Å². The predicted molar refractivity (Wildman–Crippen MR) is 92.3 cm³/mol. The Morgan fingerprint density at radius 3 is 2.52 bits per heavy atom. The molecule has 0 heterocycles. The molecule has 2 rings (SSSR count). The van der Waals surface area contributed by atoms with Crippen LogP contribution in [-0.2, 0) is 28.9 Å². The van der Waals surface area contributed by atoms with E-state index in [-0.39, 0.29) is 24.4 Å². The van der Waals surface area contributed by atoms with E-state index in [4.69, 9.17) is 0 Å². The van der Waals surface area contributed by atoms with Crippen LogP contribution in [0.4, 0.5) is 0 Å². The van der Waals surface area contributed by atoms with Crippen LogP contribution in [0.3, 0.4) is 0 Å². The number of carbonyl (C=O) groups is 2. The van der Waals surface area contributed by atoms with Gasteiger partial charge in [0.1, 0.15) is 0 Å². The lowest BCUT2D eigenvalue weighted by molar-refractivity contribution is -0.135. The molecular formula is C19H28N2O2. The molecule has 1 N–H and O–H groups in total. The van der Waals surface area contributed by atoms with Crippen molar-refractivity contribution >= 4 is 11.8 Å². The highest BCUT2D eigenvalue weighted by Gasteiger charge is 2.17. The summed E-state index contributed by atoms with van der Waals surface area (Å²) in [6.07, 6.45) is 5.14. The van der Waals surface area contributed by atoms with E-state index in [2.05, 4.69) is 23.5 Å². The van der Waals surface area contributed by atoms with Crippen molar-refractivity contribution in [2.45, 2.75) is 58.9 Å². The largest absolute Gasteiger partial charge is 0.352 e. The van der Waals surface area contributed by atoms with Gasteiger partial charge in [0.2, 0.25) is 11.8 Å². The summed E-state index contributed by atoms with van der Waals surface area (Å²) in [5.41, 5.74) is 3.87. The third kappa shape index (κ3) is 5.08. The Hall–Kier alpha value is -1.84. The summed E-state index contributed by atoms with van der Waals surface area (Å²) in [6, 6.07) is 6.49. The Bertz CT molecular complexity index is 566. The van der Waals surface area contributed by atoms with E-state index in [1.54, 1.807) is 4.90 Å². The van der Waals surface area contributed by atoms with Gasteiger partial charge in [0.15, 0.2) is 0 Å². The van der Waals surface area contributed by atoms with Crippen molar-refractivity contribution in [1.29, 1.82) is 0 Å². The molecule has 0 aliphatic heterocycles. The predicted octanol–water partition coefficient (Wildman–Crippen LogP) is 2.48. The van der Waals surface area contributed by atoms with Crippen LogP contribution in [0.2, 0.25) is 0 Å². The molecule has 126 valence electrons. The van der Waals surface area contributed by atoms with Crippen LogP contribution in [0.15, 0.2) is 18.2 Å². The number of hydrogen-bond donors (Lipinski definition) is 1. The zero-order valence-electron chi connectivity index (χ0n) is 14.5. The molecule has 4 nitrogen and oxygen atoms in total. The van der Waals surface area contributed by atoms with Crippen molar-refractivity contribution in [2.75, 3.05) is 13.1 Å². The molecule has 23 heavy (non-hydrogen) atoms. The third-order valence-corrected chi connectivity index (χ3v) is 4.29. The number of nitrogens with one attached hydrogen (secondary N) is 1. The molecule has 1 aromatic carbocycles. The average Bonchev–Trinajstić information content (AvgIpc) is 2.51. The first-order valence-electron chi connectivity index (χ1n) is 8.67. The van der Waals surface area contributed by atoms with Crippen molar-refractivity contribution < 1.29 is 9.59 Å². The molecule has 0 saturated carbocycles. The maximum Gasteiger partial charge on any atom is 0.239 e. The minimum atomic E-state index is -0.0966. The second-order valence-electron chi connectivity index (χ2n) is 6.62. The van der Waals surface area contributed by atoms with Crippen LogP contribution in [0.5, 0.6) is 0 Å². The number of rotatable bonds is 6. The number of fused-ring (bicyclic) bond motifs is 1. The second-order valence-corrected chi connectivity index (χ2v) is 6.62. The first-order chi connectivity index (χ1) is 11.0. The lowest BCUT2D eigenvalue weighted by Gasteiger charge is -2.22. The molecule has 4 heteroatoms. The fourth-order valence-electron chi connectivity index (χ4n) is 3.10. The molecule has 0 aromatic heterocycles. The Kier molecular flexibility index (Phi) is 6.20. The number of nitrogens with zero attached hydrogens (tertiary/aromatic N) is 1. The van der Waals surface area contributed by atoms with Crippen LogP contribution in [-0.4, -0.2) is 35.8 Å². The summed E-state index contributed by atoms with van der Waals surface area (Å²) in [5, 5.41) is 2.83. The van der Waals surface area contributed by atoms with E-state index in [0.717, 1.165) is 18.4 Å². The van der Waals surface area contributed by atoms with Gasteiger partial charge in [-0.2, -0.15) is 0 Å². The van der Waals surface area contributed by atoms with Crippen molar-refractivity contribution in [3.8, 4) is 0 Å². The summed E-state index contributed by atoms with van der Waals surface area (Å²) in [7, 11) is 0. The van der Waals surface area contributed by atoms with E-state index < -0.39 is 0 Å². The maximum atomic E-state index is 12.5. The maximum absolute atomic E-state index is 12.5. The molecule has 0 saturated heterocycles. The minimum Gasteiger partial charge on any atom is -0.352 e. The highest BCUT2D eigenvalue weighted by molar-refractivity contribution is 5.86. The van der Waals surface area contributed by atoms with Crippen molar-refractivity contribution in [3.05, 3.63) is 34.9 Å². The molecule has 1 aliphatic rings. The average molecular weight is 316 g/mol. The van der Waals surface area contributed by atoms with E-state index >= 15 is 0 Å². The van der Waals surface area contributed by atoms with Crippen molar-refractivity contribution in [3.63, 3.8) is 0 Å². The van der Waals surface area contributed by atoms with E-state index in [1.807, 2.05) is 20.8 Å². The van der Waals surface area contributed by atoms with E-state index in [9.17, 15) is 9.59 Å². The molecule has 0 fully saturated rings. The van der Waals surface area contributed by atoms with Crippen LogP contribution in [0.25, 0.3) is 0 Å². The SMILES string of the molecule is CCN(CC(=O)NC(C)C)C(=O)Cc1ccc2c(c1)CCCC2. The summed E-state index contributed by atoms with van der Waals surface area (Å²) in [5.74, 6) is -0.0807. The second kappa shape index (κ2) is 8.14. The van der Waals surface area contributed by atoms with Gasteiger partial charge in [-0.05, 0) is 63.1 Å². The zero-order chi connectivity index (χ0) is 16.8. The van der Waals surface area contributed by atoms with Gasteiger partial charge < -0.3 is 10.2 Å². The number of hydrogen-bond acceptors (Lipinski definition) is 2. The highest BCUT2D eigenvalue weighted by atomic mass is 16.2. The van der Waals surface area contributed by atoms with Gasteiger partial charge in [-0.1, -0.05) is 18.2 Å². The lowest BCUT2D eigenvalue weighted by Crippen LogP contribution is -2.43. The first kappa shape index (κ1) is 17.5. The Morgan fingerprint density at radius 1 is 1.17 bits per heavy atom. The highest BCUT2D eigenvalue weighted by Crippen LogP contribution is 2.22. The molecule has 0 atom stereocenters. The summed E-state index contributed by atoms with van der Waals surface area (Å²) < 4.78 is 0. The number of amides is 2. The molecule has 2 amide bonds. The van der Waals surface area contributed by atoms with Crippen LogP contribution < -0.4 is 5.32 Å². The van der Waals surface area contributed by atoms with Gasteiger partial charge in [0.05, 0.1) is 13.0 Å². The number of carbonyl (C=O) groups excluding carboxylic acids is 2. The molecule has 0 spiro atoms. The van der Waals surface area contributed by atoms with Crippen LogP contribution in [0.1, 0.15) is 50.3 Å². The number of aryl methyl sites for hydroxylation is 2. The zero-order valence-corrected chi connectivity index (χ0v) is 14.5. The van der Waals surface area contributed by atoms with Gasteiger partial charge in [-0.3, -0.25) is 9.59 Å². The van der Waals surface area contributed by atoms with Crippen LogP contribution >= 0.6 is 0 Å². The first-order valence-corrected chi connectivity index (χ1v) is 8.67. The molecule has 1 aromatic rings. The van der Waals surface area contributed by atoms with Crippen molar-refractivity contribution in [1.82, 2.24) is 10.2 Å². The fourth-order valence-corrected chi connectivity index (χ4v) is 3.10. The van der Waals surface area contributed by atoms with E-state index in [0.29, 0.717) is 13.0 Å². The fraction of sp³-hybridized carbons (Fsp3) is 0.579. The van der Waals surface area contributed by atoms with Crippen molar-refractivity contribution in [2.24, 2.45) is 0 Å². The van der Waals surface area contributed by atoms with Crippen LogP contribution in [0, 0.1) is 0 Å². The minimum absolute atomic E-state index is 0.0159. The van der Waals surface area contributed by atoms with Gasteiger partial charge in [0.25, 0.3) is 0 Å². The summed E-state index contributed by atoms with van der Waals surface area (Å²) in [6.45, 7) is 6.44. The standard InChI is InChI=1S/C19H28N2O2/c1-4-21(13-18(22)20-14(2)3)19(23)12-15-9-10-16-7-5-6-8-17(16)11-15/h9-11,14H,4-8,12-13H2,1-3H3,(H,20,22). The van der Waals surface area contributed by atoms with Gasteiger partial charge in [-0.15, -0.1) is 0 Å². The summed E-state index contributed by atoms with van der Waals surface area (Å²) in [4.78, 5) is 26.0. The summed E-state index contributed by atoms with van der Waals surface area (Å²) >= 11 is 0. The normalized spacial score (nSPS) is 13.6. The van der Waals surface area contributed by atoms with Gasteiger partial charge in [0, 0.05) is 12.6 Å². The quantitative estimate of drug-likeness (QED) is 0.876. The monoisotopic (exact) mass is 316 g/mol. The number of benzene rings is 1.